The van der Waals surface area contributed by atoms with Crippen LogP contribution in [0.3, 0.4) is 0 Å². The lowest BCUT2D eigenvalue weighted by atomic mass is 10.2. The minimum atomic E-state index is -0.127. The summed E-state index contributed by atoms with van der Waals surface area (Å²) in [7, 11) is 0. The molecule has 0 aliphatic carbocycles. The zero-order valence-electron chi connectivity index (χ0n) is 8.95. The van der Waals surface area contributed by atoms with E-state index in [2.05, 4.69) is 10.1 Å². The molecule has 86 valence electrons. The lowest BCUT2D eigenvalue weighted by Crippen LogP contribution is -2.08. The summed E-state index contributed by atoms with van der Waals surface area (Å²) in [5, 5.41) is 4.73. The smallest absolute Gasteiger partial charge is 0.218 e. The fourth-order valence-corrected chi connectivity index (χ4v) is 1.86. The molecule has 5 heteroatoms. The summed E-state index contributed by atoms with van der Waals surface area (Å²) in [5.74, 6) is 0.655. The molecule has 2 heterocycles. The Morgan fingerprint density at radius 3 is 2.82 bits per heavy atom. The molecule has 0 spiro atoms. The number of benzene rings is 1. The van der Waals surface area contributed by atoms with Crippen LogP contribution in [-0.2, 0) is 4.74 Å². The van der Waals surface area contributed by atoms with Gasteiger partial charge < -0.3 is 4.74 Å². The van der Waals surface area contributed by atoms with Gasteiger partial charge in [-0.2, -0.15) is 5.10 Å². The molecular weight excluding hydrogens is 238 g/mol. The van der Waals surface area contributed by atoms with Crippen molar-refractivity contribution in [2.24, 2.45) is 4.99 Å². The third-order valence-electron chi connectivity index (χ3n) is 2.53. The van der Waals surface area contributed by atoms with Crippen molar-refractivity contribution in [3.8, 4) is 0 Å². The second kappa shape index (κ2) is 4.22. The van der Waals surface area contributed by atoms with Crippen LogP contribution < -0.4 is 0 Å². The van der Waals surface area contributed by atoms with E-state index >= 15 is 0 Å². The Morgan fingerprint density at radius 1 is 1.29 bits per heavy atom. The molecule has 2 aromatic rings. The van der Waals surface area contributed by atoms with Crippen LogP contribution in [0.1, 0.15) is 11.7 Å². The number of aliphatic imine (C=N–C) groups is 1. The van der Waals surface area contributed by atoms with E-state index in [1.807, 2.05) is 30.3 Å². The van der Waals surface area contributed by atoms with Gasteiger partial charge in [-0.05, 0) is 12.1 Å². The van der Waals surface area contributed by atoms with Gasteiger partial charge >= 0.3 is 0 Å². The monoisotopic (exact) mass is 247 g/mol. The molecular formula is C12H10ClN3O. The van der Waals surface area contributed by atoms with Gasteiger partial charge in [0.25, 0.3) is 0 Å². The van der Waals surface area contributed by atoms with Crippen LogP contribution in [0.2, 0.25) is 5.02 Å². The maximum atomic E-state index is 5.82. The van der Waals surface area contributed by atoms with E-state index in [9.17, 15) is 0 Å². The summed E-state index contributed by atoms with van der Waals surface area (Å²) >= 11 is 5.82. The van der Waals surface area contributed by atoms with Crippen LogP contribution >= 0.6 is 11.6 Å². The third kappa shape index (κ3) is 2.03. The molecule has 0 amide bonds. The van der Waals surface area contributed by atoms with E-state index in [4.69, 9.17) is 16.3 Å². The van der Waals surface area contributed by atoms with Gasteiger partial charge in [-0.3, -0.25) is 0 Å². The molecule has 3 rings (SSSR count). The number of ether oxygens (including phenoxy) is 1. The molecule has 0 bridgehead atoms. The van der Waals surface area contributed by atoms with E-state index in [1.54, 1.807) is 17.1 Å². The van der Waals surface area contributed by atoms with Gasteiger partial charge in [0.15, 0.2) is 6.17 Å². The van der Waals surface area contributed by atoms with E-state index in [0.717, 1.165) is 5.56 Å². The number of aromatic nitrogens is 2. The largest absolute Gasteiger partial charge is 0.473 e. The molecule has 1 aromatic heterocycles. The lowest BCUT2D eigenvalue weighted by Gasteiger charge is -2.03. The van der Waals surface area contributed by atoms with Gasteiger partial charge in [-0.25, -0.2) is 9.67 Å². The minimum absolute atomic E-state index is 0.127. The summed E-state index contributed by atoms with van der Waals surface area (Å²) < 4.78 is 7.27. The SMILES string of the molecule is Clc1cnn(C2COC(c3ccccc3)=N2)c1. The van der Waals surface area contributed by atoms with Crippen molar-refractivity contribution in [1.29, 1.82) is 0 Å². The first-order chi connectivity index (χ1) is 8.33. The van der Waals surface area contributed by atoms with Gasteiger partial charge in [0.1, 0.15) is 6.61 Å². The van der Waals surface area contributed by atoms with Crippen molar-refractivity contribution in [2.45, 2.75) is 6.17 Å². The van der Waals surface area contributed by atoms with Crippen molar-refractivity contribution in [1.82, 2.24) is 9.78 Å². The molecule has 0 N–H and O–H groups in total. The average molecular weight is 248 g/mol. The van der Waals surface area contributed by atoms with E-state index < -0.39 is 0 Å². The zero-order chi connectivity index (χ0) is 11.7. The Kier molecular flexibility index (Phi) is 2.57. The van der Waals surface area contributed by atoms with Crippen LogP contribution in [-0.4, -0.2) is 22.3 Å². The number of nitrogens with zero attached hydrogens (tertiary/aromatic N) is 3. The van der Waals surface area contributed by atoms with E-state index in [1.165, 1.54) is 0 Å². The van der Waals surface area contributed by atoms with Crippen LogP contribution in [0.5, 0.6) is 0 Å². The quantitative estimate of drug-likeness (QED) is 0.818. The summed E-state index contributed by atoms with van der Waals surface area (Å²) in [6.45, 7) is 0.488. The molecule has 0 radical (unpaired) electrons. The van der Waals surface area contributed by atoms with Crippen LogP contribution in [0, 0.1) is 0 Å². The number of halogens is 1. The van der Waals surface area contributed by atoms with Crippen molar-refractivity contribution in [2.75, 3.05) is 6.61 Å². The Labute approximate surface area is 103 Å². The Hall–Kier alpha value is -1.81. The summed E-state index contributed by atoms with van der Waals surface area (Å²) in [4.78, 5) is 4.48. The van der Waals surface area contributed by atoms with Gasteiger partial charge in [0.2, 0.25) is 5.90 Å². The fourth-order valence-electron chi connectivity index (χ4n) is 1.72. The molecule has 4 nitrogen and oxygen atoms in total. The summed E-state index contributed by atoms with van der Waals surface area (Å²) in [5.41, 5.74) is 0.980. The highest BCUT2D eigenvalue weighted by Gasteiger charge is 2.21. The molecule has 1 aromatic carbocycles. The topological polar surface area (TPSA) is 39.4 Å². The average Bonchev–Trinajstić information content (AvgIpc) is 2.98. The van der Waals surface area contributed by atoms with Crippen molar-refractivity contribution in [3.05, 3.63) is 53.3 Å². The Bertz CT molecular complexity index is 550. The first-order valence-corrected chi connectivity index (χ1v) is 5.66. The first-order valence-electron chi connectivity index (χ1n) is 5.28. The highest BCUT2D eigenvalue weighted by molar-refractivity contribution is 6.30. The molecule has 1 unspecified atom stereocenters. The second-order valence-corrected chi connectivity index (χ2v) is 4.17. The van der Waals surface area contributed by atoms with Crippen LogP contribution in [0.25, 0.3) is 0 Å². The van der Waals surface area contributed by atoms with E-state index in [-0.39, 0.29) is 6.17 Å². The maximum absolute atomic E-state index is 5.82. The van der Waals surface area contributed by atoms with Crippen molar-refractivity contribution in [3.63, 3.8) is 0 Å². The second-order valence-electron chi connectivity index (χ2n) is 3.73. The summed E-state index contributed by atoms with van der Waals surface area (Å²) in [6.07, 6.45) is 3.21. The Balaban J connectivity index is 1.86. The normalized spacial score (nSPS) is 18.9. The fraction of sp³-hybridized carbons (Fsp3) is 0.167. The zero-order valence-corrected chi connectivity index (χ0v) is 9.71. The first kappa shape index (κ1) is 10.4. The predicted molar refractivity (Wildman–Crippen MR) is 65.2 cm³/mol. The van der Waals surface area contributed by atoms with Gasteiger partial charge in [-0.15, -0.1) is 0 Å². The molecule has 17 heavy (non-hydrogen) atoms. The third-order valence-corrected chi connectivity index (χ3v) is 2.73. The van der Waals surface area contributed by atoms with Crippen LogP contribution in [0.15, 0.2) is 47.7 Å². The number of hydrogen-bond acceptors (Lipinski definition) is 3. The Morgan fingerprint density at radius 2 is 2.12 bits per heavy atom. The molecule has 0 saturated heterocycles. The molecule has 0 saturated carbocycles. The highest BCUT2D eigenvalue weighted by Crippen LogP contribution is 2.20. The molecule has 1 aliphatic rings. The lowest BCUT2D eigenvalue weighted by molar-refractivity contribution is 0.278. The molecule has 1 atom stereocenters. The van der Waals surface area contributed by atoms with Crippen molar-refractivity contribution >= 4 is 17.5 Å². The standard InChI is InChI=1S/C12H10ClN3O/c13-10-6-14-16(7-10)11-8-17-12(15-11)9-4-2-1-3-5-9/h1-7,11H,8H2. The summed E-state index contributed by atoms with van der Waals surface area (Å²) in [6, 6.07) is 9.82. The number of rotatable bonds is 2. The minimum Gasteiger partial charge on any atom is -0.473 e. The van der Waals surface area contributed by atoms with E-state index in [0.29, 0.717) is 17.5 Å². The van der Waals surface area contributed by atoms with Gasteiger partial charge in [0, 0.05) is 11.8 Å². The number of hydrogen-bond donors (Lipinski definition) is 0. The van der Waals surface area contributed by atoms with Crippen LogP contribution in [0.4, 0.5) is 0 Å². The predicted octanol–water partition coefficient (Wildman–Crippen LogP) is 2.51. The highest BCUT2D eigenvalue weighted by atomic mass is 35.5. The maximum Gasteiger partial charge on any atom is 0.218 e. The van der Waals surface area contributed by atoms with Gasteiger partial charge in [-0.1, -0.05) is 29.8 Å². The van der Waals surface area contributed by atoms with Crippen molar-refractivity contribution < 1.29 is 4.74 Å². The molecule has 1 aliphatic heterocycles. The van der Waals surface area contributed by atoms with Gasteiger partial charge in [0.05, 0.1) is 11.2 Å². The molecule has 0 fully saturated rings.